The van der Waals surface area contributed by atoms with Crippen LogP contribution >= 0.6 is 0 Å². The Labute approximate surface area is 244 Å². The Morgan fingerprint density at radius 2 is 1.67 bits per heavy atom. The number of fused-ring (bicyclic) bond motifs is 4. The number of hydrogen-bond donors (Lipinski definition) is 1. The third-order valence-corrected chi connectivity index (χ3v) is 6.92. The largest absolute Gasteiger partial charge is 0.460 e. The first-order valence-electron chi connectivity index (χ1n) is 13.7. The first kappa shape index (κ1) is 28.6. The smallest absolute Gasteiger partial charge is 0.420 e. The fourth-order valence-electron chi connectivity index (χ4n) is 5.18. The van der Waals surface area contributed by atoms with Crippen molar-refractivity contribution in [2.75, 3.05) is 13.2 Å². The molecule has 9 nitrogen and oxygen atoms in total. The van der Waals surface area contributed by atoms with E-state index in [1.165, 1.54) is 10.6 Å². The van der Waals surface area contributed by atoms with Crippen LogP contribution in [0.25, 0.3) is 22.2 Å². The minimum Gasteiger partial charge on any atom is -0.460 e. The molecule has 9 heteroatoms. The van der Waals surface area contributed by atoms with Gasteiger partial charge in [0.2, 0.25) is 0 Å². The SMILES string of the molecule is C=CCOC(=O)[C@H](Cc1cn(C(=O)OC(C)(C)C)c2ncccc12)NC(=O)OCC1c2ccccc2-c2ccccc21. The molecule has 5 rings (SSSR count). The van der Waals surface area contributed by atoms with Crippen LogP contribution in [0.15, 0.2) is 85.7 Å². The van der Waals surface area contributed by atoms with Gasteiger partial charge in [-0.25, -0.2) is 23.9 Å². The second-order valence-corrected chi connectivity index (χ2v) is 11.0. The van der Waals surface area contributed by atoms with Crippen molar-refractivity contribution in [3.63, 3.8) is 0 Å². The van der Waals surface area contributed by atoms with E-state index in [1.54, 1.807) is 45.3 Å². The number of ether oxygens (including phenoxy) is 3. The monoisotopic (exact) mass is 567 g/mol. The third-order valence-electron chi connectivity index (χ3n) is 6.92. The number of esters is 1. The van der Waals surface area contributed by atoms with E-state index in [9.17, 15) is 14.4 Å². The van der Waals surface area contributed by atoms with Gasteiger partial charge in [-0.2, -0.15) is 0 Å². The molecular formula is C33H33N3O6. The van der Waals surface area contributed by atoms with Crippen molar-refractivity contribution >= 4 is 29.2 Å². The van der Waals surface area contributed by atoms with Crippen molar-refractivity contribution in [2.45, 2.75) is 44.8 Å². The molecule has 2 heterocycles. The van der Waals surface area contributed by atoms with Gasteiger partial charge < -0.3 is 19.5 Å². The summed E-state index contributed by atoms with van der Waals surface area (Å²) in [4.78, 5) is 43.4. The van der Waals surface area contributed by atoms with Crippen molar-refractivity contribution in [2.24, 2.45) is 0 Å². The van der Waals surface area contributed by atoms with Gasteiger partial charge in [0.15, 0.2) is 0 Å². The van der Waals surface area contributed by atoms with Crippen LogP contribution < -0.4 is 5.32 Å². The molecular weight excluding hydrogens is 534 g/mol. The zero-order valence-corrected chi connectivity index (χ0v) is 23.8. The summed E-state index contributed by atoms with van der Waals surface area (Å²) in [6, 6.07) is 18.5. The van der Waals surface area contributed by atoms with Crippen molar-refractivity contribution in [1.29, 1.82) is 0 Å². The maximum atomic E-state index is 13.1. The van der Waals surface area contributed by atoms with Crippen molar-refractivity contribution < 1.29 is 28.6 Å². The van der Waals surface area contributed by atoms with E-state index >= 15 is 0 Å². The van der Waals surface area contributed by atoms with Gasteiger partial charge in [-0.1, -0.05) is 61.2 Å². The van der Waals surface area contributed by atoms with Crippen molar-refractivity contribution in [1.82, 2.24) is 14.9 Å². The number of amides is 1. The fraction of sp³-hybridized carbons (Fsp3) is 0.273. The Balaban J connectivity index is 1.35. The molecule has 2 aromatic carbocycles. The predicted molar refractivity (Wildman–Crippen MR) is 158 cm³/mol. The van der Waals surface area contributed by atoms with Crippen LogP contribution in [0.2, 0.25) is 0 Å². The summed E-state index contributed by atoms with van der Waals surface area (Å²) < 4.78 is 17.8. The standard InChI is InChI=1S/C33H33N3O6/c1-5-17-40-30(37)28(18-21-19-36(32(39)42-33(2,3)4)29-22(21)15-10-16-34-29)35-31(38)41-20-27-25-13-8-6-11-23(25)24-12-7-9-14-26(24)27/h5-16,19,27-28H,1,17-18,20H2,2-4H3,(H,35,38)/t28-/m0/s1. The molecule has 4 aromatic rings. The van der Waals surface area contributed by atoms with Gasteiger partial charge in [0.1, 0.15) is 30.5 Å². The quantitative estimate of drug-likeness (QED) is 0.158. The van der Waals surface area contributed by atoms with Crippen LogP contribution in [0.4, 0.5) is 9.59 Å². The summed E-state index contributed by atoms with van der Waals surface area (Å²) >= 11 is 0. The van der Waals surface area contributed by atoms with E-state index in [1.807, 2.05) is 36.4 Å². The van der Waals surface area contributed by atoms with Crippen molar-refractivity contribution in [3.05, 3.63) is 102 Å². The summed E-state index contributed by atoms with van der Waals surface area (Å²) in [5.74, 6) is -0.794. The summed E-state index contributed by atoms with van der Waals surface area (Å²) in [5.41, 5.74) is 4.65. The second-order valence-electron chi connectivity index (χ2n) is 11.0. The zero-order chi connectivity index (χ0) is 29.9. The Kier molecular flexibility index (Phi) is 8.10. The molecule has 0 radical (unpaired) electrons. The highest BCUT2D eigenvalue weighted by Gasteiger charge is 2.31. The molecule has 1 aliphatic carbocycles. The van der Waals surface area contributed by atoms with E-state index in [4.69, 9.17) is 14.2 Å². The molecule has 1 aliphatic rings. The van der Waals surface area contributed by atoms with Gasteiger partial charge in [0.25, 0.3) is 0 Å². The van der Waals surface area contributed by atoms with E-state index in [2.05, 4.69) is 29.0 Å². The van der Waals surface area contributed by atoms with Crippen LogP contribution in [0.1, 0.15) is 43.4 Å². The Bertz CT molecular complexity index is 1610. The molecule has 0 fully saturated rings. The Morgan fingerprint density at radius 3 is 2.31 bits per heavy atom. The van der Waals surface area contributed by atoms with Gasteiger partial charge >= 0.3 is 18.2 Å². The maximum absolute atomic E-state index is 13.1. The maximum Gasteiger partial charge on any atom is 0.420 e. The van der Waals surface area contributed by atoms with Crippen LogP contribution in [0, 0.1) is 0 Å². The highest BCUT2D eigenvalue weighted by molar-refractivity contribution is 5.90. The normalized spacial score (nSPS) is 13.1. The summed E-state index contributed by atoms with van der Waals surface area (Å²) in [6.45, 7) is 8.97. The van der Waals surface area contributed by atoms with Gasteiger partial charge in [-0.15, -0.1) is 0 Å². The third kappa shape index (κ3) is 6.05. The number of carbonyl (C=O) groups excluding carboxylic acids is 3. The van der Waals surface area contributed by atoms with E-state index in [0.29, 0.717) is 16.6 Å². The lowest BCUT2D eigenvalue weighted by molar-refractivity contribution is -0.144. The highest BCUT2D eigenvalue weighted by Crippen LogP contribution is 2.44. The number of rotatable bonds is 8. The molecule has 2 aromatic heterocycles. The number of benzene rings is 2. The molecule has 1 N–H and O–H groups in total. The molecule has 0 aliphatic heterocycles. The molecule has 0 saturated heterocycles. The topological polar surface area (TPSA) is 109 Å². The van der Waals surface area contributed by atoms with Crippen LogP contribution in [0.3, 0.4) is 0 Å². The van der Waals surface area contributed by atoms with Crippen molar-refractivity contribution in [3.8, 4) is 11.1 Å². The van der Waals surface area contributed by atoms with E-state index in [-0.39, 0.29) is 25.6 Å². The number of hydrogen-bond acceptors (Lipinski definition) is 7. The molecule has 0 unspecified atom stereocenters. The molecule has 42 heavy (non-hydrogen) atoms. The second kappa shape index (κ2) is 11.9. The summed E-state index contributed by atoms with van der Waals surface area (Å²) in [6.07, 6.45) is 3.24. The molecule has 0 bridgehead atoms. The number of alkyl carbamates (subject to hydrolysis) is 1. The summed E-state index contributed by atoms with van der Waals surface area (Å²) in [7, 11) is 0. The lowest BCUT2D eigenvalue weighted by Crippen LogP contribution is -2.44. The number of nitrogens with one attached hydrogen (secondary N) is 1. The van der Waals surface area contributed by atoms with E-state index < -0.39 is 29.8 Å². The Morgan fingerprint density at radius 1 is 1.00 bits per heavy atom. The lowest BCUT2D eigenvalue weighted by atomic mass is 9.98. The van der Waals surface area contributed by atoms with Crippen LogP contribution in [-0.2, 0) is 25.4 Å². The zero-order valence-electron chi connectivity index (χ0n) is 23.8. The molecule has 216 valence electrons. The number of carbonyl (C=O) groups is 3. The first-order chi connectivity index (χ1) is 20.2. The molecule has 0 saturated carbocycles. The first-order valence-corrected chi connectivity index (χ1v) is 13.7. The average molecular weight is 568 g/mol. The average Bonchev–Trinajstić information content (AvgIpc) is 3.49. The predicted octanol–water partition coefficient (Wildman–Crippen LogP) is 6.00. The van der Waals surface area contributed by atoms with E-state index in [0.717, 1.165) is 22.3 Å². The minimum absolute atomic E-state index is 0.0249. The lowest BCUT2D eigenvalue weighted by Gasteiger charge is -2.19. The molecule has 1 amide bonds. The number of aromatic nitrogens is 2. The van der Waals surface area contributed by atoms with Gasteiger partial charge in [-0.3, -0.25) is 0 Å². The molecule has 1 atom stereocenters. The minimum atomic E-state index is -1.10. The number of nitrogens with zero attached hydrogens (tertiary/aromatic N) is 2. The summed E-state index contributed by atoms with van der Waals surface area (Å²) in [5, 5.41) is 3.31. The van der Waals surface area contributed by atoms with Gasteiger partial charge in [0, 0.05) is 30.1 Å². The highest BCUT2D eigenvalue weighted by atomic mass is 16.6. The fourth-order valence-corrected chi connectivity index (χ4v) is 5.18. The number of pyridine rings is 1. The van der Waals surface area contributed by atoms with Gasteiger partial charge in [-0.05, 0) is 60.7 Å². The molecule has 0 spiro atoms. The van der Waals surface area contributed by atoms with Crippen LogP contribution in [0.5, 0.6) is 0 Å². The Hall–Kier alpha value is -4.92. The van der Waals surface area contributed by atoms with Crippen LogP contribution in [-0.4, -0.2) is 52.6 Å². The van der Waals surface area contributed by atoms with Gasteiger partial charge in [0.05, 0.1) is 0 Å².